The van der Waals surface area contributed by atoms with Crippen molar-refractivity contribution in [3.8, 4) is 0 Å². The summed E-state index contributed by atoms with van der Waals surface area (Å²) in [6, 6.07) is 0.122. The number of nitrogens with zero attached hydrogens (tertiary/aromatic N) is 1. The van der Waals surface area contributed by atoms with Crippen LogP contribution in [0.4, 0.5) is 0 Å². The van der Waals surface area contributed by atoms with Crippen molar-refractivity contribution >= 4 is 0 Å². The molecule has 1 aliphatic heterocycles. The van der Waals surface area contributed by atoms with Gasteiger partial charge >= 0.3 is 0 Å². The van der Waals surface area contributed by atoms with Crippen LogP contribution in [0.3, 0.4) is 0 Å². The Morgan fingerprint density at radius 1 is 1.40 bits per heavy atom. The molecular weight excluding hydrogens is 192 g/mol. The van der Waals surface area contributed by atoms with Crippen LogP contribution in [0.15, 0.2) is 0 Å². The summed E-state index contributed by atoms with van der Waals surface area (Å²) in [7, 11) is 0. The van der Waals surface area contributed by atoms with Crippen LogP contribution in [0.5, 0.6) is 0 Å². The lowest BCUT2D eigenvalue weighted by Gasteiger charge is -2.41. The van der Waals surface area contributed by atoms with E-state index < -0.39 is 0 Å². The Kier molecular flexibility index (Phi) is 4.99. The lowest BCUT2D eigenvalue weighted by molar-refractivity contribution is -0.0886. The molecule has 0 bridgehead atoms. The van der Waals surface area contributed by atoms with Gasteiger partial charge in [-0.05, 0) is 20.3 Å². The molecule has 90 valence electrons. The summed E-state index contributed by atoms with van der Waals surface area (Å²) in [4.78, 5) is 2.26. The highest BCUT2D eigenvalue weighted by Gasteiger charge is 2.30. The molecule has 0 amide bonds. The van der Waals surface area contributed by atoms with E-state index in [2.05, 4.69) is 25.7 Å². The highest BCUT2D eigenvalue weighted by molar-refractivity contribution is 4.85. The maximum atomic E-state index is 9.39. The van der Waals surface area contributed by atoms with Crippen LogP contribution in [-0.4, -0.2) is 54.0 Å². The normalized spacial score (nSPS) is 32.6. The number of nitrogens with two attached hydrogens (primary N) is 1. The first kappa shape index (κ1) is 12.9. The Hall–Kier alpha value is -0.160. The van der Waals surface area contributed by atoms with Crippen LogP contribution in [0.2, 0.25) is 0 Å². The third-order valence-electron chi connectivity index (χ3n) is 3.07. The number of hydrogen-bond donors (Lipinski definition) is 2. The van der Waals surface area contributed by atoms with Gasteiger partial charge in [-0.2, -0.15) is 0 Å². The van der Waals surface area contributed by atoms with Gasteiger partial charge in [0.15, 0.2) is 0 Å². The lowest BCUT2D eigenvalue weighted by atomic mass is 10.0. The summed E-state index contributed by atoms with van der Waals surface area (Å²) in [6.45, 7) is 8.05. The van der Waals surface area contributed by atoms with Gasteiger partial charge in [0, 0.05) is 25.2 Å². The molecule has 0 aromatic rings. The number of aliphatic hydroxyl groups is 1. The SMILES string of the molecule is CCC(N)C(CO)N1CC(C)OC(C)C1. The summed E-state index contributed by atoms with van der Waals surface area (Å²) in [6.07, 6.45) is 1.35. The maximum Gasteiger partial charge on any atom is 0.0678 e. The maximum absolute atomic E-state index is 9.39. The second kappa shape index (κ2) is 5.80. The molecular formula is C11H24N2O2. The van der Waals surface area contributed by atoms with E-state index in [1.165, 1.54) is 0 Å². The molecule has 1 fully saturated rings. The molecule has 4 atom stereocenters. The molecule has 1 heterocycles. The molecule has 15 heavy (non-hydrogen) atoms. The quantitative estimate of drug-likeness (QED) is 0.704. The van der Waals surface area contributed by atoms with E-state index in [1.807, 2.05) is 0 Å². The number of rotatable bonds is 4. The average Bonchev–Trinajstić information content (AvgIpc) is 2.17. The van der Waals surface area contributed by atoms with E-state index in [-0.39, 0.29) is 30.9 Å². The van der Waals surface area contributed by atoms with Gasteiger partial charge in [0.05, 0.1) is 18.8 Å². The number of morpholine rings is 1. The van der Waals surface area contributed by atoms with Crippen LogP contribution >= 0.6 is 0 Å². The number of ether oxygens (including phenoxy) is 1. The van der Waals surface area contributed by atoms with Gasteiger partial charge in [0.1, 0.15) is 0 Å². The van der Waals surface area contributed by atoms with Crippen molar-refractivity contribution in [3.63, 3.8) is 0 Å². The molecule has 4 heteroatoms. The Bertz CT molecular complexity index is 179. The van der Waals surface area contributed by atoms with E-state index in [0.29, 0.717) is 0 Å². The first-order valence-electron chi connectivity index (χ1n) is 5.84. The number of aliphatic hydroxyl groups excluding tert-OH is 1. The van der Waals surface area contributed by atoms with Gasteiger partial charge in [-0.25, -0.2) is 0 Å². The zero-order valence-corrected chi connectivity index (χ0v) is 10.0. The van der Waals surface area contributed by atoms with Crippen molar-refractivity contribution in [2.24, 2.45) is 5.73 Å². The average molecular weight is 216 g/mol. The summed E-state index contributed by atoms with van der Waals surface area (Å²) in [5, 5.41) is 9.39. The van der Waals surface area contributed by atoms with Gasteiger partial charge in [-0.15, -0.1) is 0 Å². The van der Waals surface area contributed by atoms with Crippen molar-refractivity contribution in [2.75, 3.05) is 19.7 Å². The fourth-order valence-corrected chi connectivity index (χ4v) is 2.28. The van der Waals surface area contributed by atoms with Crippen LogP contribution in [0, 0.1) is 0 Å². The Labute approximate surface area is 92.4 Å². The van der Waals surface area contributed by atoms with Crippen molar-refractivity contribution < 1.29 is 9.84 Å². The third-order valence-corrected chi connectivity index (χ3v) is 3.07. The minimum Gasteiger partial charge on any atom is -0.395 e. The Morgan fingerprint density at radius 3 is 2.33 bits per heavy atom. The van der Waals surface area contributed by atoms with E-state index >= 15 is 0 Å². The molecule has 0 aromatic heterocycles. The molecule has 0 saturated carbocycles. The van der Waals surface area contributed by atoms with Crippen LogP contribution in [-0.2, 0) is 4.74 Å². The molecule has 0 aliphatic carbocycles. The van der Waals surface area contributed by atoms with E-state index in [0.717, 1.165) is 19.5 Å². The Morgan fingerprint density at radius 2 is 1.93 bits per heavy atom. The van der Waals surface area contributed by atoms with Crippen molar-refractivity contribution in [2.45, 2.75) is 51.5 Å². The summed E-state index contributed by atoms with van der Waals surface area (Å²) in [5.41, 5.74) is 6.01. The summed E-state index contributed by atoms with van der Waals surface area (Å²) >= 11 is 0. The van der Waals surface area contributed by atoms with Crippen LogP contribution in [0.1, 0.15) is 27.2 Å². The zero-order valence-electron chi connectivity index (χ0n) is 10.0. The van der Waals surface area contributed by atoms with E-state index in [9.17, 15) is 5.11 Å². The van der Waals surface area contributed by atoms with Crippen molar-refractivity contribution in [3.05, 3.63) is 0 Å². The standard InChI is InChI=1S/C11H24N2O2/c1-4-10(12)11(7-14)13-5-8(2)15-9(3)6-13/h8-11,14H,4-7,12H2,1-3H3. The monoisotopic (exact) mass is 216 g/mol. The fourth-order valence-electron chi connectivity index (χ4n) is 2.28. The number of hydrogen-bond acceptors (Lipinski definition) is 4. The minimum atomic E-state index is 0.0486. The van der Waals surface area contributed by atoms with Gasteiger partial charge in [0.25, 0.3) is 0 Å². The van der Waals surface area contributed by atoms with Gasteiger partial charge < -0.3 is 15.6 Å². The smallest absolute Gasteiger partial charge is 0.0678 e. The van der Waals surface area contributed by atoms with Gasteiger partial charge in [0.2, 0.25) is 0 Å². The van der Waals surface area contributed by atoms with Crippen molar-refractivity contribution in [1.82, 2.24) is 4.90 Å². The van der Waals surface area contributed by atoms with Crippen LogP contribution < -0.4 is 5.73 Å². The predicted molar refractivity (Wildman–Crippen MR) is 60.7 cm³/mol. The lowest BCUT2D eigenvalue weighted by Crippen LogP contribution is -2.57. The minimum absolute atomic E-state index is 0.0486. The molecule has 4 nitrogen and oxygen atoms in total. The fraction of sp³-hybridized carbons (Fsp3) is 1.00. The Balaban J connectivity index is 2.58. The van der Waals surface area contributed by atoms with Gasteiger partial charge in [-0.3, -0.25) is 4.90 Å². The molecule has 1 rings (SSSR count). The largest absolute Gasteiger partial charge is 0.395 e. The molecule has 0 spiro atoms. The topological polar surface area (TPSA) is 58.7 Å². The second-order valence-corrected chi connectivity index (χ2v) is 4.53. The first-order chi connectivity index (χ1) is 7.08. The molecule has 3 N–H and O–H groups in total. The molecule has 1 saturated heterocycles. The second-order valence-electron chi connectivity index (χ2n) is 4.53. The highest BCUT2D eigenvalue weighted by atomic mass is 16.5. The highest BCUT2D eigenvalue weighted by Crippen LogP contribution is 2.15. The summed E-state index contributed by atoms with van der Waals surface area (Å²) < 4.78 is 5.66. The van der Waals surface area contributed by atoms with Crippen LogP contribution in [0.25, 0.3) is 0 Å². The van der Waals surface area contributed by atoms with E-state index in [1.54, 1.807) is 0 Å². The predicted octanol–water partition coefficient (Wildman–Crippen LogP) is 0.194. The molecule has 4 unspecified atom stereocenters. The molecule has 0 radical (unpaired) electrons. The third kappa shape index (κ3) is 3.41. The van der Waals surface area contributed by atoms with Gasteiger partial charge in [-0.1, -0.05) is 6.92 Å². The van der Waals surface area contributed by atoms with Crippen molar-refractivity contribution in [1.29, 1.82) is 0 Å². The summed E-state index contributed by atoms with van der Waals surface area (Å²) in [5.74, 6) is 0. The zero-order chi connectivity index (χ0) is 11.4. The van der Waals surface area contributed by atoms with E-state index in [4.69, 9.17) is 10.5 Å². The first-order valence-corrected chi connectivity index (χ1v) is 5.84. The molecule has 1 aliphatic rings. The molecule has 0 aromatic carbocycles.